The average Bonchev–Trinajstić information content (AvgIpc) is 2.76. The van der Waals surface area contributed by atoms with Gasteiger partial charge in [-0.25, -0.2) is 4.79 Å². The number of thioether (sulfide) groups is 1. The van der Waals surface area contributed by atoms with Crippen LogP contribution in [0.2, 0.25) is 0 Å². The van der Waals surface area contributed by atoms with Gasteiger partial charge in [-0.05, 0) is 68.8 Å². The van der Waals surface area contributed by atoms with Gasteiger partial charge in [0.2, 0.25) is 11.8 Å². The minimum absolute atomic E-state index is 0.0480. The van der Waals surface area contributed by atoms with Crippen LogP contribution in [0.5, 0.6) is 5.75 Å². The number of ether oxygens (including phenoxy) is 1. The molecule has 0 radical (unpaired) electrons. The van der Waals surface area contributed by atoms with Gasteiger partial charge in [-0.15, -0.1) is 11.8 Å². The molecule has 7 nitrogen and oxygen atoms in total. The van der Waals surface area contributed by atoms with Gasteiger partial charge in [-0.2, -0.15) is 0 Å². The number of carboxylic acid groups (broad SMARTS) is 1. The number of carbonyl (C=O) groups is 3. The Morgan fingerprint density at radius 1 is 1.03 bits per heavy atom. The van der Waals surface area contributed by atoms with Gasteiger partial charge in [0.15, 0.2) is 0 Å². The van der Waals surface area contributed by atoms with E-state index in [9.17, 15) is 14.4 Å². The molecule has 3 N–H and O–H groups in total. The van der Waals surface area contributed by atoms with Gasteiger partial charge < -0.3 is 20.5 Å². The Morgan fingerprint density at radius 3 is 2.22 bits per heavy atom. The van der Waals surface area contributed by atoms with Crippen LogP contribution in [-0.2, 0) is 14.4 Å². The quantitative estimate of drug-likeness (QED) is 0.251. The summed E-state index contributed by atoms with van der Waals surface area (Å²) >= 11 is 1.39. The lowest BCUT2D eigenvalue weighted by molar-refractivity contribution is -0.132. The van der Waals surface area contributed by atoms with Crippen LogP contribution < -0.4 is 15.4 Å². The summed E-state index contributed by atoms with van der Waals surface area (Å²) in [7, 11) is 0. The Labute approximate surface area is 192 Å². The summed E-state index contributed by atoms with van der Waals surface area (Å²) in [5, 5.41) is 14.0. The first-order chi connectivity index (χ1) is 15.3. The van der Waals surface area contributed by atoms with Crippen molar-refractivity contribution in [3.63, 3.8) is 0 Å². The van der Waals surface area contributed by atoms with Gasteiger partial charge in [-0.1, -0.05) is 13.3 Å². The molecule has 1 atom stereocenters. The number of amides is 2. The summed E-state index contributed by atoms with van der Waals surface area (Å²) in [6, 6.07) is 14.3. The van der Waals surface area contributed by atoms with E-state index in [0.29, 0.717) is 18.0 Å². The second kappa shape index (κ2) is 12.6. The van der Waals surface area contributed by atoms with E-state index in [1.807, 2.05) is 31.2 Å². The van der Waals surface area contributed by atoms with E-state index in [-0.39, 0.29) is 16.7 Å². The molecule has 0 fully saturated rings. The number of anilines is 2. The molecule has 0 aromatic heterocycles. The van der Waals surface area contributed by atoms with Crippen molar-refractivity contribution in [3.05, 3.63) is 60.2 Å². The average molecular weight is 457 g/mol. The first-order valence-corrected chi connectivity index (χ1v) is 11.2. The lowest BCUT2D eigenvalue weighted by atomic mass is 10.2. The number of benzene rings is 2. The zero-order valence-corrected chi connectivity index (χ0v) is 19.2. The second-order valence-corrected chi connectivity index (χ2v) is 8.54. The topological polar surface area (TPSA) is 105 Å². The maximum absolute atomic E-state index is 12.5. The fraction of sp³-hybridized carbons (Fsp3) is 0.292. The van der Waals surface area contributed by atoms with E-state index in [1.54, 1.807) is 24.3 Å². The highest BCUT2D eigenvalue weighted by Gasteiger charge is 2.15. The predicted octanol–water partition coefficient (Wildman–Crippen LogP) is 4.95. The lowest BCUT2D eigenvalue weighted by Crippen LogP contribution is -2.22. The number of unbranched alkanes of at least 4 members (excludes halogenated alkanes) is 1. The molecule has 0 aliphatic carbocycles. The number of aliphatic carboxylic acids is 1. The molecule has 2 amide bonds. The highest BCUT2D eigenvalue weighted by molar-refractivity contribution is 8.00. The highest BCUT2D eigenvalue weighted by atomic mass is 32.2. The number of rotatable bonds is 11. The third-order valence-electron chi connectivity index (χ3n) is 4.38. The molecule has 0 aliphatic heterocycles. The van der Waals surface area contributed by atoms with E-state index in [0.717, 1.165) is 29.6 Å². The van der Waals surface area contributed by atoms with Crippen molar-refractivity contribution in [3.8, 4) is 5.75 Å². The minimum atomic E-state index is -1.14. The number of carbonyl (C=O) groups excluding carboxylic acids is 2. The molecule has 0 unspecified atom stereocenters. The first-order valence-electron chi connectivity index (χ1n) is 10.3. The van der Waals surface area contributed by atoms with E-state index < -0.39 is 11.9 Å². The Kier molecular flexibility index (Phi) is 9.81. The van der Waals surface area contributed by atoms with E-state index in [1.165, 1.54) is 18.7 Å². The Hall–Kier alpha value is -3.26. The fourth-order valence-corrected chi connectivity index (χ4v) is 3.39. The largest absolute Gasteiger partial charge is 0.494 e. The second-order valence-electron chi connectivity index (χ2n) is 7.12. The zero-order chi connectivity index (χ0) is 23.5. The summed E-state index contributed by atoms with van der Waals surface area (Å²) in [5.74, 6) is -1.00. The monoisotopic (exact) mass is 456 g/mol. The summed E-state index contributed by atoms with van der Waals surface area (Å²) in [6.07, 6.45) is 3.11. The normalized spacial score (nSPS) is 12.0. The Bertz CT molecular complexity index is 955. The van der Waals surface area contributed by atoms with Crippen LogP contribution in [0.4, 0.5) is 11.4 Å². The van der Waals surface area contributed by atoms with E-state index in [4.69, 9.17) is 9.84 Å². The number of hydrogen-bond donors (Lipinski definition) is 3. The van der Waals surface area contributed by atoms with Crippen molar-refractivity contribution in [2.75, 3.05) is 17.2 Å². The molecule has 0 saturated heterocycles. The summed E-state index contributed by atoms with van der Waals surface area (Å²) in [4.78, 5) is 36.0. The smallest absolute Gasteiger partial charge is 0.331 e. The van der Waals surface area contributed by atoms with Crippen LogP contribution in [0.1, 0.15) is 33.6 Å². The molecule has 8 heteroatoms. The van der Waals surface area contributed by atoms with Gasteiger partial charge >= 0.3 is 5.97 Å². The zero-order valence-electron chi connectivity index (χ0n) is 18.4. The molecule has 2 aromatic rings. The molecular weight excluding hydrogens is 428 g/mol. The SMILES string of the molecule is CCCCOc1ccc(NC(=O)[C@H](C)Sc2ccc(NC(=O)/C=C(/C)C(=O)O)cc2)cc1. The van der Waals surface area contributed by atoms with E-state index in [2.05, 4.69) is 17.6 Å². The van der Waals surface area contributed by atoms with Crippen molar-refractivity contribution in [2.24, 2.45) is 0 Å². The molecule has 0 bridgehead atoms. The summed E-state index contributed by atoms with van der Waals surface area (Å²) in [5.41, 5.74) is 1.19. The van der Waals surface area contributed by atoms with Crippen LogP contribution in [0.3, 0.4) is 0 Å². The van der Waals surface area contributed by atoms with Gasteiger partial charge in [0, 0.05) is 27.9 Å². The summed E-state index contributed by atoms with van der Waals surface area (Å²) in [6.45, 7) is 5.95. The molecule has 0 spiro atoms. The highest BCUT2D eigenvalue weighted by Crippen LogP contribution is 2.26. The molecule has 0 aliphatic rings. The van der Waals surface area contributed by atoms with Gasteiger partial charge in [0.05, 0.1) is 11.9 Å². The fourth-order valence-electron chi connectivity index (χ4n) is 2.52. The maximum Gasteiger partial charge on any atom is 0.331 e. The standard InChI is InChI=1S/C24H28N2O5S/c1-4-5-14-31-20-10-6-19(7-11-20)26-23(28)17(3)32-21-12-8-18(9-13-21)25-22(27)15-16(2)24(29)30/h6-13,15,17H,4-5,14H2,1-3H3,(H,25,27)(H,26,28)(H,29,30)/b16-15-/t17-/m0/s1. The number of hydrogen-bond acceptors (Lipinski definition) is 5. The third-order valence-corrected chi connectivity index (χ3v) is 5.49. The molecule has 0 heterocycles. The third kappa shape index (κ3) is 8.47. The molecule has 2 aromatic carbocycles. The van der Waals surface area contributed by atoms with E-state index >= 15 is 0 Å². The maximum atomic E-state index is 12.5. The Balaban J connectivity index is 1.85. The number of carboxylic acids is 1. The van der Waals surface area contributed by atoms with Gasteiger partial charge in [0.1, 0.15) is 5.75 Å². The molecule has 2 rings (SSSR count). The molecule has 0 saturated carbocycles. The Morgan fingerprint density at radius 2 is 1.62 bits per heavy atom. The van der Waals surface area contributed by atoms with Crippen LogP contribution >= 0.6 is 11.8 Å². The van der Waals surface area contributed by atoms with Crippen LogP contribution in [0.15, 0.2) is 65.1 Å². The first kappa shape index (κ1) is 25.0. The molecule has 32 heavy (non-hydrogen) atoms. The van der Waals surface area contributed by atoms with Gasteiger partial charge in [0.25, 0.3) is 0 Å². The van der Waals surface area contributed by atoms with Gasteiger partial charge in [-0.3, -0.25) is 9.59 Å². The predicted molar refractivity (Wildman–Crippen MR) is 127 cm³/mol. The van der Waals surface area contributed by atoms with Crippen molar-refractivity contribution < 1.29 is 24.2 Å². The van der Waals surface area contributed by atoms with Crippen molar-refractivity contribution in [1.82, 2.24) is 0 Å². The minimum Gasteiger partial charge on any atom is -0.494 e. The van der Waals surface area contributed by atoms with Crippen molar-refractivity contribution >= 4 is 40.9 Å². The summed E-state index contributed by atoms with van der Waals surface area (Å²) < 4.78 is 5.62. The number of nitrogens with one attached hydrogen (secondary N) is 2. The van der Waals surface area contributed by atoms with Crippen molar-refractivity contribution in [1.29, 1.82) is 0 Å². The molecular formula is C24H28N2O5S. The van der Waals surface area contributed by atoms with Crippen molar-refractivity contribution in [2.45, 2.75) is 43.8 Å². The molecule has 170 valence electrons. The lowest BCUT2D eigenvalue weighted by Gasteiger charge is -2.13. The van der Waals surface area contributed by atoms with Crippen LogP contribution in [-0.4, -0.2) is 34.7 Å². The van der Waals surface area contributed by atoms with Crippen LogP contribution in [0, 0.1) is 0 Å². The van der Waals surface area contributed by atoms with Crippen LogP contribution in [0.25, 0.3) is 0 Å².